The molecule has 84 valence electrons. The van der Waals surface area contributed by atoms with Gasteiger partial charge in [-0.15, -0.1) is 0 Å². The second-order valence-corrected chi connectivity index (χ2v) is 4.16. The Bertz CT molecular complexity index is 422. The third-order valence-corrected chi connectivity index (χ3v) is 3.09. The summed E-state index contributed by atoms with van der Waals surface area (Å²) in [6.45, 7) is 3.78. The number of nitrogens with zero attached hydrogens (tertiary/aromatic N) is 3. The molecule has 0 bridgehead atoms. The van der Waals surface area contributed by atoms with E-state index in [0.717, 1.165) is 43.0 Å². The first kappa shape index (κ1) is 10.7. The number of nitrogen functional groups attached to an aromatic ring is 1. The zero-order chi connectivity index (χ0) is 11.5. The van der Waals surface area contributed by atoms with Gasteiger partial charge in [0.15, 0.2) is 0 Å². The molecule has 16 heavy (non-hydrogen) atoms. The van der Waals surface area contributed by atoms with Gasteiger partial charge < -0.3 is 10.6 Å². The zero-order valence-corrected chi connectivity index (χ0v) is 9.48. The van der Waals surface area contributed by atoms with Gasteiger partial charge in [0, 0.05) is 13.1 Å². The van der Waals surface area contributed by atoms with Gasteiger partial charge in [0.2, 0.25) is 0 Å². The summed E-state index contributed by atoms with van der Waals surface area (Å²) in [5.41, 5.74) is 7.70. The summed E-state index contributed by atoms with van der Waals surface area (Å²) in [4.78, 5) is 6.49. The average Bonchev–Trinajstić information content (AvgIpc) is 2.78. The molecule has 1 aromatic heterocycles. The van der Waals surface area contributed by atoms with E-state index in [9.17, 15) is 0 Å². The van der Waals surface area contributed by atoms with Crippen molar-refractivity contribution < 1.29 is 0 Å². The molecule has 1 aromatic rings. The van der Waals surface area contributed by atoms with Crippen molar-refractivity contribution in [2.24, 2.45) is 5.92 Å². The topological polar surface area (TPSA) is 65.9 Å². The van der Waals surface area contributed by atoms with Crippen molar-refractivity contribution in [3.63, 3.8) is 0 Å². The van der Waals surface area contributed by atoms with Crippen LogP contribution in [-0.2, 0) is 6.42 Å². The van der Waals surface area contributed by atoms with Crippen molar-refractivity contribution in [2.75, 3.05) is 23.7 Å². The summed E-state index contributed by atoms with van der Waals surface area (Å²) >= 11 is 0. The average molecular weight is 216 g/mol. The number of nitriles is 1. The standard InChI is InChI=1S/C12H16N4/c1-2-10-5-12(15-7-11(10)14)16-4-3-9(6-13)8-16/h5,7,9H,2-4,8,14H2,1H3. The first-order chi connectivity index (χ1) is 7.74. The lowest BCUT2D eigenvalue weighted by molar-refractivity contribution is 0.754. The minimum atomic E-state index is 0.143. The van der Waals surface area contributed by atoms with Crippen molar-refractivity contribution in [3.8, 4) is 6.07 Å². The summed E-state index contributed by atoms with van der Waals surface area (Å²) in [6.07, 6.45) is 3.56. The smallest absolute Gasteiger partial charge is 0.128 e. The molecule has 0 spiro atoms. The normalized spacial score (nSPS) is 19.8. The molecule has 1 unspecified atom stereocenters. The van der Waals surface area contributed by atoms with E-state index in [0.29, 0.717) is 0 Å². The highest BCUT2D eigenvalue weighted by Crippen LogP contribution is 2.24. The summed E-state index contributed by atoms with van der Waals surface area (Å²) in [5, 5.41) is 8.86. The summed E-state index contributed by atoms with van der Waals surface area (Å²) < 4.78 is 0. The highest BCUT2D eigenvalue weighted by Gasteiger charge is 2.23. The van der Waals surface area contributed by atoms with E-state index >= 15 is 0 Å². The number of pyridine rings is 1. The third kappa shape index (κ3) is 1.94. The van der Waals surface area contributed by atoms with Gasteiger partial charge in [0.05, 0.1) is 23.9 Å². The van der Waals surface area contributed by atoms with Crippen LogP contribution in [0, 0.1) is 17.2 Å². The summed E-state index contributed by atoms with van der Waals surface area (Å²) in [5.74, 6) is 1.09. The second-order valence-electron chi connectivity index (χ2n) is 4.16. The fourth-order valence-corrected chi connectivity index (χ4v) is 2.05. The van der Waals surface area contributed by atoms with E-state index in [2.05, 4.69) is 22.9 Å². The maximum atomic E-state index is 8.86. The van der Waals surface area contributed by atoms with Gasteiger partial charge >= 0.3 is 0 Å². The lowest BCUT2D eigenvalue weighted by atomic mass is 10.1. The molecule has 0 saturated carbocycles. The molecule has 2 heterocycles. The van der Waals surface area contributed by atoms with Gasteiger partial charge in [-0.1, -0.05) is 6.92 Å². The van der Waals surface area contributed by atoms with Crippen LogP contribution >= 0.6 is 0 Å². The molecule has 1 aliphatic heterocycles. The van der Waals surface area contributed by atoms with Crippen LogP contribution in [0.3, 0.4) is 0 Å². The van der Waals surface area contributed by atoms with Crippen LogP contribution in [0.1, 0.15) is 18.9 Å². The Labute approximate surface area is 95.7 Å². The SMILES string of the molecule is CCc1cc(N2CCC(C#N)C2)ncc1N. The van der Waals surface area contributed by atoms with Crippen molar-refractivity contribution in [2.45, 2.75) is 19.8 Å². The molecule has 2 N–H and O–H groups in total. The van der Waals surface area contributed by atoms with Gasteiger partial charge in [-0.3, -0.25) is 0 Å². The molecule has 0 aliphatic carbocycles. The van der Waals surface area contributed by atoms with Crippen LogP contribution in [0.25, 0.3) is 0 Å². The van der Waals surface area contributed by atoms with Crippen LogP contribution in [0.15, 0.2) is 12.3 Å². The second kappa shape index (κ2) is 4.40. The predicted molar refractivity (Wildman–Crippen MR) is 64.0 cm³/mol. The molecule has 0 radical (unpaired) electrons. The number of rotatable bonds is 2. The molecular weight excluding hydrogens is 200 g/mol. The first-order valence-corrected chi connectivity index (χ1v) is 5.63. The molecule has 1 aliphatic rings. The highest BCUT2D eigenvalue weighted by molar-refractivity contribution is 5.53. The molecule has 1 atom stereocenters. The molecule has 0 aromatic carbocycles. The first-order valence-electron chi connectivity index (χ1n) is 5.63. The van der Waals surface area contributed by atoms with E-state index in [4.69, 9.17) is 11.0 Å². The number of aromatic nitrogens is 1. The minimum Gasteiger partial charge on any atom is -0.397 e. The fourth-order valence-electron chi connectivity index (χ4n) is 2.05. The molecule has 1 saturated heterocycles. The Kier molecular flexibility index (Phi) is 2.95. The van der Waals surface area contributed by atoms with E-state index in [1.54, 1.807) is 6.20 Å². The zero-order valence-electron chi connectivity index (χ0n) is 9.48. The number of hydrogen-bond donors (Lipinski definition) is 1. The minimum absolute atomic E-state index is 0.143. The van der Waals surface area contributed by atoms with Gasteiger partial charge in [0.25, 0.3) is 0 Å². The summed E-state index contributed by atoms with van der Waals surface area (Å²) in [7, 11) is 0. The Hall–Kier alpha value is -1.76. The summed E-state index contributed by atoms with van der Waals surface area (Å²) in [6, 6.07) is 4.35. The molecule has 1 fully saturated rings. The molecule has 2 rings (SSSR count). The number of hydrogen-bond acceptors (Lipinski definition) is 4. The Morgan fingerprint density at radius 2 is 2.50 bits per heavy atom. The quantitative estimate of drug-likeness (QED) is 0.815. The van der Waals surface area contributed by atoms with Crippen LogP contribution in [0.5, 0.6) is 0 Å². The van der Waals surface area contributed by atoms with Crippen molar-refractivity contribution in [1.82, 2.24) is 4.98 Å². The third-order valence-electron chi connectivity index (χ3n) is 3.09. The molecular formula is C12H16N4. The number of nitrogens with two attached hydrogens (primary N) is 1. The van der Waals surface area contributed by atoms with Crippen molar-refractivity contribution in [1.29, 1.82) is 5.26 Å². The van der Waals surface area contributed by atoms with Crippen LogP contribution in [-0.4, -0.2) is 18.1 Å². The Morgan fingerprint density at radius 3 is 3.12 bits per heavy atom. The van der Waals surface area contributed by atoms with Crippen LogP contribution in [0.4, 0.5) is 11.5 Å². The van der Waals surface area contributed by atoms with Gasteiger partial charge in [-0.25, -0.2) is 4.98 Å². The lowest BCUT2D eigenvalue weighted by Gasteiger charge is -2.17. The van der Waals surface area contributed by atoms with Crippen molar-refractivity contribution in [3.05, 3.63) is 17.8 Å². The Balaban J connectivity index is 2.19. The molecule has 4 heteroatoms. The van der Waals surface area contributed by atoms with Gasteiger partial charge in [0.1, 0.15) is 5.82 Å². The van der Waals surface area contributed by atoms with E-state index in [1.165, 1.54) is 0 Å². The highest BCUT2D eigenvalue weighted by atomic mass is 15.2. The van der Waals surface area contributed by atoms with E-state index in [-0.39, 0.29) is 5.92 Å². The number of anilines is 2. The fraction of sp³-hybridized carbons (Fsp3) is 0.500. The maximum absolute atomic E-state index is 8.86. The van der Waals surface area contributed by atoms with Gasteiger partial charge in [-0.2, -0.15) is 5.26 Å². The number of aryl methyl sites for hydroxylation is 1. The van der Waals surface area contributed by atoms with E-state index in [1.807, 2.05) is 6.07 Å². The predicted octanol–water partition coefficient (Wildman–Crippen LogP) is 1.58. The monoisotopic (exact) mass is 216 g/mol. The van der Waals surface area contributed by atoms with Gasteiger partial charge in [-0.05, 0) is 24.5 Å². The molecule has 0 amide bonds. The van der Waals surface area contributed by atoms with Crippen LogP contribution < -0.4 is 10.6 Å². The Morgan fingerprint density at radius 1 is 1.69 bits per heavy atom. The lowest BCUT2D eigenvalue weighted by Crippen LogP contribution is -2.20. The van der Waals surface area contributed by atoms with Crippen LogP contribution in [0.2, 0.25) is 0 Å². The van der Waals surface area contributed by atoms with Crippen molar-refractivity contribution >= 4 is 11.5 Å². The van der Waals surface area contributed by atoms with E-state index < -0.39 is 0 Å². The largest absolute Gasteiger partial charge is 0.397 e. The molecule has 4 nitrogen and oxygen atoms in total. The maximum Gasteiger partial charge on any atom is 0.128 e.